The van der Waals surface area contributed by atoms with Crippen LogP contribution in [0.1, 0.15) is 21.3 Å². The topological polar surface area (TPSA) is 105 Å². The van der Waals surface area contributed by atoms with Gasteiger partial charge in [-0.3, -0.25) is 4.79 Å². The molecule has 8 heteroatoms. The number of hydrogen-bond acceptors (Lipinski definition) is 7. The molecule has 26 heavy (non-hydrogen) atoms. The van der Waals surface area contributed by atoms with Crippen LogP contribution in [0.2, 0.25) is 0 Å². The van der Waals surface area contributed by atoms with Crippen molar-refractivity contribution in [3.63, 3.8) is 0 Å². The summed E-state index contributed by atoms with van der Waals surface area (Å²) in [4.78, 5) is 12.8. The second kappa shape index (κ2) is 7.09. The van der Waals surface area contributed by atoms with Gasteiger partial charge in [0.2, 0.25) is 17.4 Å². The average molecular weight is 378 g/mol. The lowest BCUT2D eigenvalue weighted by atomic mass is 10.0. The lowest BCUT2D eigenvalue weighted by molar-refractivity contribution is -0.123. The zero-order valence-electron chi connectivity index (χ0n) is 16.6. The van der Waals surface area contributed by atoms with Gasteiger partial charge in [0.1, 0.15) is 11.5 Å². The molecule has 0 amide bonds. The van der Waals surface area contributed by atoms with Gasteiger partial charge in [0, 0.05) is 5.56 Å². The summed E-state index contributed by atoms with van der Waals surface area (Å²) in [6, 6.07) is 13.0. The fraction of sp³-hybridized carbons (Fsp3) is 0.167. The van der Waals surface area contributed by atoms with Gasteiger partial charge in [-0.25, -0.2) is 0 Å². The number of carbonyl (C=O) groups excluding carboxylic acids is 1. The van der Waals surface area contributed by atoms with Crippen molar-refractivity contribution in [2.75, 3.05) is 7.11 Å². The summed E-state index contributed by atoms with van der Waals surface area (Å²) in [5, 5.41) is 0. The molecule has 2 aromatic rings. The number of Topliss-reactive ketones (excluding diaryl/α,β-unsaturated/α-hetero) is 1. The summed E-state index contributed by atoms with van der Waals surface area (Å²) in [5.41, 5.74) is 2.42. The van der Waals surface area contributed by atoms with Crippen LogP contribution in [0.4, 0.5) is 0 Å². The predicted molar refractivity (Wildman–Crippen MR) is 93.2 cm³/mol. The summed E-state index contributed by atoms with van der Waals surface area (Å²) in [6.45, 7) is 0. The predicted octanol–water partition coefficient (Wildman–Crippen LogP) is 2.01. The first-order valence-electron chi connectivity index (χ1n) is 8.91. The Labute approximate surface area is 155 Å². The van der Waals surface area contributed by atoms with E-state index in [0.717, 1.165) is 0 Å². The summed E-state index contributed by atoms with van der Waals surface area (Å²) in [7, 11) is -3.70. The molecule has 0 aliphatic carbocycles. The lowest BCUT2D eigenvalue weighted by Crippen LogP contribution is -2.16. The van der Waals surface area contributed by atoms with Crippen molar-refractivity contribution >= 4 is 15.9 Å². The van der Waals surface area contributed by atoms with Gasteiger partial charge >= 0.3 is 10.1 Å². The van der Waals surface area contributed by atoms with E-state index < -0.39 is 39.3 Å². The summed E-state index contributed by atoms with van der Waals surface area (Å²) >= 11 is 0. The van der Waals surface area contributed by atoms with Crippen LogP contribution < -0.4 is 10.5 Å². The molecule has 1 heterocycles. The van der Waals surface area contributed by atoms with E-state index in [1.807, 2.05) is 0 Å². The highest BCUT2D eigenvalue weighted by Crippen LogP contribution is 2.36. The Morgan fingerprint density at radius 3 is 2.54 bits per heavy atom. The Hall–Kier alpha value is -3.00. The van der Waals surface area contributed by atoms with E-state index in [4.69, 9.17) is 23.5 Å². The standard InChI is InChI=1S/C18H17NO6S/c1-23-14-10-6-5-9-13(14)16-15(20)17(18(19)24-16)25-26(21,22)11-12-7-3-2-4-8-12/h2-10,16H,11,19H2,1H3/i11D2,16D. The van der Waals surface area contributed by atoms with E-state index in [2.05, 4.69) is 0 Å². The third-order valence-corrected chi connectivity index (χ3v) is 4.28. The maximum absolute atomic E-state index is 12.8. The number of ketones is 1. The second-order valence-corrected chi connectivity index (χ2v) is 6.44. The molecule has 0 radical (unpaired) electrons. The summed E-state index contributed by atoms with van der Waals surface area (Å²) in [5.74, 6) is -2.77. The molecule has 136 valence electrons. The van der Waals surface area contributed by atoms with E-state index >= 15 is 0 Å². The van der Waals surface area contributed by atoms with E-state index in [-0.39, 0.29) is 16.9 Å². The number of methoxy groups -OCH3 is 1. The quantitative estimate of drug-likeness (QED) is 0.767. The molecule has 0 saturated carbocycles. The molecule has 7 nitrogen and oxygen atoms in total. The van der Waals surface area contributed by atoms with E-state index in [0.29, 0.717) is 0 Å². The van der Waals surface area contributed by atoms with Gasteiger partial charge in [0.05, 0.1) is 11.2 Å². The molecule has 0 fully saturated rings. The first-order chi connectivity index (χ1) is 13.5. The number of nitrogens with two attached hydrogens (primary N) is 1. The van der Waals surface area contributed by atoms with Gasteiger partial charge in [-0.05, 0) is 11.6 Å². The zero-order chi connectivity index (χ0) is 21.4. The van der Waals surface area contributed by atoms with Crippen molar-refractivity contribution in [1.29, 1.82) is 0 Å². The molecule has 1 unspecified atom stereocenters. The second-order valence-electron chi connectivity index (χ2n) is 5.16. The Balaban J connectivity index is 1.96. The normalized spacial score (nSPS) is 22.2. The van der Waals surface area contributed by atoms with E-state index in [1.54, 1.807) is 12.1 Å². The van der Waals surface area contributed by atoms with E-state index in [1.165, 1.54) is 49.6 Å². The highest BCUT2D eigenvalue weighted by molar-refractivity contribution is 7.86. The van der Waals surface area contributed by atoms with Crippen LogP contribution in [0.15, 0.2) is 66.2 Å². The van der Waals surface area contributed by atoms with Crippen molar-refractivity contribution in [3.8, 4) is 5.75 Å². The third kappa shape index (κ3) is 3.65. The Kier molecular flexibility index (Phi) is 3.87. The molecule has 2 N–H and O–H groups in total. The smallest absolute Gasteiger partial charge is 0.313 e. The maximum atomic E-state index is 12.8. The van der Waals surface area contributed by atoms with Crippen LogP contribution in [-0.4, -0.2) is 21.3 Å². The van der Waals surface area contributed by atoms with Crippen LogP contribution in [0, 0.1) is 0 Å². The molecule has 0 spiro atoms. The number of benzene rings is 2. The van der Waals surface area contributed by atoms with Crippen molar-refractivity contribution in [1.82, 2.24) is 0 Å². The van der Waals surface area contributed by atoms with Gasteiger partial charge < -0.3 is 19.4 Å². The van der Waals surface area contributed by atoms with Crippen LogP contribution in [0.25, 0.3) is 0 Å². The van der Waals surface area contributed by atoms with Crippen molar-refractivity contribution in [2.45, 2.75) is 11.8 Å². The number of carbonyl (C=O) groups is 1. The molecule has 2 aromatic carbocycles. The Bertz CT molecular complexity index is 1090. The Morgan fingerprint density at radius 1 is 1.19 bits per heavy atom. The largest absolute Gasteiger partial charge is 0.496 e. The van der Waals surface area contributed by atoms with Gasteiger partial charge in [0.25, 0.3) is 0 Å². The first kappa shape index (κ1) is 14.2. The highest BCUT2D eigenvalue weighted by atomic mass is 32.2. The van der Waals surface area contributed by atoms with Crippen molar-refractivity contribution in [3.05, 3.63) is 77.4 Å². The molecule has 1 aliphatic rings. The van der Waals surface area contributed by atoms with E-state index in [9.17, 15) is 13.2 Å². The van der Waals surface area contributed by atoms with Crippen LogP contribution in [0.3, 0.4) is 0 Å². The third-order valence-electron chi connectivity index (χ3n) is 3.41. The fourth-order valence-electron chi connectivity index (χ4n) is 2.29. The summed E-state index contributed by atoms with van der Waals surface area (Å²) < 4.78 is 64.5. The zero-order valence-corrected chi connectivity index (χ0v) is 14.4. The summed E-state index contributed by atoms with van der Waals surface area (Å²) in [6.07, 6.45) is -2.44. The van der Waals surface area contributed by atoms with Crippen LogP contribution in [0.5, 0.6) is 5.75 Å². The average Bonchev–Trinajstić information content (AvgIpc) is 2.92. The maximum Gasteiger partial charge on any atom is 0.313 e. The number of ether oxygens (including phenoxy) is 2. The minimum atomic E-state index is -5.03. The minimum Gasteiger partial charge on any atom is -0.496 e. The molecule has 1 atom stereocenters. The Morgan fingerprint density at radius 2 is 1.85 bits per heavy atom. The monoisotopic (exact) mass is 378 g/mol. The van der Waals surface area contributed by atoms with Gasteiger partial charge in [-0.15, -0.1) is 0 Å². The number of rotatable bonds is 6. The molecule has 0 saturated heterocycles. The van der Waals surface area contributed by atoms with Crippen LogP contribution >= 0.6 is 0 Å². The highest BCUT2D eigenvalue weighted by Gasteiger charge is 2.40. The minimum absolute atomic E-state index is 0.0162. The lowest BCUT2D eigenvalue weighted by Gasteiger charge is -2.13. The van der Waals surface area contributed by atoms with Crippen molar-refractivity contribution < 1.29 is 31.0 Å². The number of para-hydroxylation sites is 1. The molecule has 3 rings (SSSR count). The van der Waals surface area contributed by atoms with Gasteiger partial charge in [0.15, 0.2) is 6.08 Å². The van der Waals surface area contributed by atoms with Gasteiger partial charge in [-0.1, -0.05) is 48.5 Å². The van der Waals surface area contributed by atoms with Gasteiger partial charge in [-0.2, -0.15) is 8.42 Å². The molecular weight excluding hydrogens is 358 g/mol. The first-order valence-corrected chi connectivity index (χ1v) is 8.82. The molecular formula is C18H17NO6S. The molecule has 1 aliphatic heterocycles. The molecule has 0 bridgehead atoms. The fourth-order valence-corrected chi connectivity index (χ4v) is 3.13. The SMILES string of the molecule is [2H]C1(c2ccccc2OC)OC(N)=C(OS(=O)(=O)C([2H])([2H])c2ccccc2)C1=O. The van der Waals surface area contributed by atoms with Crippen molar-refractivity contribution in [2.24, 2.45) is 5.73 Å². The number of hydrogen-bond donors (Lipinski definition) is 1. The molecule has 0 aromatic heterocycles. The van der Waals surface area contributed by atoms with Crippen LogP contribution in [-0.2, 0) is 29.5 Å².